The van der Waals surface area contributed by atoms with Gasteiger partial charge in [-0.1, -0.05) is 18.2 Å². The zero-order chi connectivity index (χ0) is 9.10. The van der Waals surface area contributed by atoms with Gasteiger partial charge < -0.3 is 10.2 Å². The Hall–Kier alpha value is -1.02. The molecule has 0 unspecified atom stereocenters. The minimum absolute atomic E-state index is 0.608. The number of para-hydroxylation sites is 1. The molecule has 0 saturated carbocycles. The Kier molecular flexibility index (Phi) is 2.50. The first-order chi connectivity index (χ1) is 6.38. The monoisotopic (exact) mass is 176 g/mol. The van der Waals surface area contributed by atoms with E-state index in [4.69, 9.17) is 0 Å². The summed E-state index contributed by atoms with van der Waals surface area (Å²) in [5.41, 5.74) is 1.34. The number of nitrogens with zero attached hydrogens (tertiary/aromatic N) is 1. The standard InChI is InChI=1S/C11H16N2/c1-10-9-12-7-8-13(10)11-5-3-2-4-6-11/h2-6,10,12H,7-9H2,1H3/t10-/m1/s1. The molecule has 1 heterocycles. The molecule has 1 N–H and O–H groups in total. The number of nitrogens with one attached hydrogen (secondary N) is 1. The van der Waals surface area contributed by atoms with Crippen molar-refractivity contribution < 1.29 is 0 Å². The van der Waals surface area contributed by atoms with E-state index in [9.17, 15) is 0 Å². The second-order valence-corrected chi connectivity index (χ2v) is 3.58. The van der Waals surface area contributed by atoms with E-state index in [1.807, 2.05) is 0 Å². The quantitative estimate of drug-likeness (QED) is 0.697. The smallest absolute Gasteiger partial charge is 0.0386 e. The van der Waals surface area contributed by atoms with E-state index >= 15 is 0 Å². The predicted octanol–water partition coefficient (Wildman–Crippen LogP) is 1.48. The molecule has 0 spiro atoms. The lowest BCUT2D eigenvalue weighted by Crippen LogP contribution is -2.49. The maximum atomic E-state index is 3.39. The number of benzene rings is 1. The molecule has 1 aliphatic heterocycles. The average molecular weight is 176 g/mol. The van der Waals surface area contributed by atoms with Crippen LogP contribution in [0.3, 0.4) is 0 Å². The van der Waals surface area contributed by atoms with Gasteiger partial charge in [-0.2, -0.15) is 0 Å². The molecule has 13 heavy (non-hydrogen) atoms. The minimum Gasteiger partial charge on any atom is -0.366 e. The third-order valence-electron chi connectivity index (χ3n) is 2.59. The number of hydrogen-bond donors (Lipinski definition) is 1. The molecule has 0 bridgehead atoms. The topological polar surface area (TPSA) is 15.3 Å². The maximum absolute atomic E-state index is 3.39. The Morgan fingerprint density at radius 1 is 1.31 bits per heavy atom. The fourth-order valence-corrected chi connectivity index (χ4v) is 1.84. The van der Waals surface area contributed by atoms with Crippen LogP contribution in [0.2, 0.25) is 0 Å². The summed E-state index contributed by atoms with van der Waals surface area (Å²) in [6, 6.07) is 11.2. The van der Waals surface area contributed by atoms with Gasteiger partial charge in [0.15, 0.2) is 0 Å². The first-order valence-corrected chi connectivity index (χ1v) is 4.90. The van der Waals surface area contributed by atoms with Gasteiger partial charge in [0, 0.05) is 31.4 Å². The second-order valence-electron chi connectivity index (χ2n) is 3.58. The van der Waals surface area contributed by atoms with E-state index < -0.39 is 0 Å². The molecule has 2 heteroatoms. The lowest BCUT2D eigenvalue weighted by Gasteiger charge is -2.35. The van der Waals surface area contributed by atoms with E-state index in [0.29, 0.717) is 6.04 Å². The number of anilines is 1. The predicted molar refractivity (Wildman–Crippen MR) is 56.1 cm³/mol. The van der Waals surface area contributed by atoms with Crippen LogP contribution in [0.25, 0.3) is 0 Å². The molecular formula is C11H16N2. The van der Waals surface area contributed by atoms with Crippen LogP contribution in [0, 0.1) is 0 Å². The van der Waals surface area contributed by atoms with Gasteiger partial charge in [0.2, 0.25) is 0 Å². The Bertz CT molecular complexity index is 258. The largest absolute Gasteiger partial charge is 0.366 e. The van der Waals surface area contributed by atoms with Crippen molar-refractivity contribution in [1.82, 2.24) is 5.32 Å². The Morgan fingerprint density at radius 2 is 2.08 bits per heavy atom. The Morgan fingerprint density at radius 3 is 2.77 bits per heavy atom. The maximum Gasteiger partial charge on any atom is 0.0386 e. The first kappa shape index (κ1) is 8.57. The van der Waals surface area contributed by atoms with Gasteiger partial charge in [-0.3, -0.25) is 0 Å². The fraction of sp³-hybridized carbons (Fsp3) is 0.455. The minimum atomic E-state index is 0.608. The third kappa shape index (κ3) is 1.83. The van der Waals surface area contributed by atoms with Crippen LogP contribution in [-0.2, 0) is 0 Å². The highest BCUT2D eigenvalue weighted by atomic mass is 15.2. The Balaban J connectivity index is 2.15. The molecule has 0 aromatic heterocycles. The summed E-state index contributed by atoms with van der Waals surface area (Å²) >= 11 is 0. The zero-order valence-electron chi connectivity index (χ0n) is 8.03. The van der Waals surface area contributed by atoms with Gasteiger partial charge in [-0.05, 0) is 19.1 Å². The van der Waals surface area contributed by atoms with Crippen molar-refractivity contribution >= 4 is 5.69 Å². The molecule has 2 rings (SSSR count). The summed E-state index contributed by atoms with van der Waals surface area (Å²) in [4.78, 5) is 2.45. The van der Waals surface area contributed by atoms with Gasteiger partial charge in [0.25, 0.3) is 0 Å². The normalized spacial score (nSPS) is 23.2. The summed E-state index contributed by atoms with van der Waals surface area (Å²) < 4.78 is 0. The van der Waals surface area contributed by atoms with Gasteiger partial charge in [0.05, 0.1) is 0 Å². The number of hydrogen-bond acceptors (Lipinski definition) is 2. The summed E-state index contributed by atoms with van der Waals surface area (Å²) in [6.45, 7) is 5.57. The zero-order valence-corrected chi connectivity index (χ0v) is 8.03. The molecule has 70 valence electrons. The van der Waals surface area contributed by atoms with E-state index in [0.717, 1.165) is 19.6 Å². The van der Waals surface area contributed by atoms with Crippen LogP contribution in [0.15, 0.2) is 30.3 Å². The highest BCUT2D eigenvalue weighted by Crippen LogP contribution is 2.16. The molecule has 2 nitrogen and oxygen atoms in total. The molecule has 1 atom stereocenters. The van der Waals surface area contributed by atoms with Crippen LogP contribution in [0.4, 0.5) is 5.69 Å². The fourth-order valence-electron chi connectivity index (χ4n) is 1.84. The van der Waals surface area contributed by atoms with Crippen LogP contribution in [0.1, 0.15) is 6.92 Å². The van der Waals surface area contributed by atoms with Crippen LogP contribution in [-0.4, -0.2) is 25.7 Å². The van der Waals surface area contributed by atoms with E-state index in [2.05, 4.69) is 47.5 Å². The molecule has 0 amide bonds. The van der Waals surface area contributed by atoms with Crippen molar-refractivity contribution in [3.63, 3.8) is 0 Å². The lowest BCUT2D eigenvalue weighted by atomic mass is 10.2. The summed E-state index contributed by atoms with van der Waals surface area (Å²) in [6.07, 6.45) is 0. The summed E-state index contributed by atoms with van der Waals surface area (Å²) in [5, 5.41) is 3.39. The molecule has 0 radical (unpaired) electrons. The molecule has 1 aliphatic rings. The van der Waals surface area contributed by atoms with Crippen molar-refractivity contribution in [2.24, 2.45) is 0 Å². The SMILES string of the molecule is C[C@@H]1CNCCN1c1ccccc1. The highest BCUT2D eigenvalue weighted by molar-refractivity contribution is 5.47. The van der Waals surface area contributed by atoms with Crippen molar-refractivity contribution in [2.45, 2.75) is 13.0 Å². The molecule has 0 aliphatic carbocycles. The summed E-state index contributed by atoms with van der Waals surface area (Å²) in [7, 11) is 0. The highest BCUT2D eigenvalue weighted by Gasteiger charge is 2.17. The van der Waals surface area contributed by atoms with Crippen molar-refractivity contribution in [3.05, 3.63) is 30.3 Å². The van der Waals surface area contributed by atoms with Gasteiger partial charge >= 0.3 is 0 Å². The molecule has 1 aromatic carbocycles. The molecule has 1 fully saturated rings. The summed E-state index contributed by atoms with van der Waals surface area (Å²) in [5.74, 6) is 0. The van der Waals surface area contributed by atoms with Crippen molar-refractivity contribution in [3.8, 4) is 0 Å². The molecule has 1 saturated heterocycles. The van der Waals surface area contributed by atoms with Crippen LogP contribution < -0.4 is 10.2 Å². The molecule has 1 aromatic rings. The average Bonchev–Trinajstić information content (AvgIpc) is 2.20. The van der Waals surface area contributed by atoms with E-state index in [1.165, 1.54) is 5.69 Å². The van der Waals surface area contributed by atoms with E-state index in [-0.39, 0.29) is 0 Å². The van der Waals surface area contributed by atoms with Gasteiger partial charge in [-0.15, -0.1) is 0 Å². The van der Waals surface area contributed by atoms with Crippen LogP contribution >= 0.6 is 0 Å². The third-order valence-corrected chi connectivity index (χ3v) is 2.59. The van der Waals surface area contributed by atoms with Crippen molar-refractivity contribution in [1.29, 1.82) is 0 Å². The molecular weight excluding hydrogens is 160 g/mol. The van der Waals surface area contributed by atoms with Gasteiger partial charge in [0.1, 0.15) is 0 Å². The van der Waals surface area contributed by atoms with Crippen LogP contribution in [0.5, 0.6) is 0 Å². The lowest BCUT2D eigenvalue weighted by molar-refractivity contribution is 0.501. The van der Waals surface area contributed by atoms with E-state index in [1.54, 1.807) is 0 Å². The number of rotatable bonds is 1. The number of piperazine rings is 1. The Labute approximate surface area is 79.6 Å². The first-order valence-electron chi connectivity index (χ1n) is 4.90. The second kappa shape index (κ2) is 3.79. The van der Waals surface area contributed by atoms with Crippen molar-refractivity contribution in [2.75, 3.05) is 24.5 Å². The van der Waals surface area contributed by atoms with Gasteiger partial charge in [-0.25, -0.2) is 0 Å².